The molecule has 0 bridgehead atoms. The van der Waals surface area contributed by atoms with Gasteiger partial charge in [0.15, 0.2) is 6.61 Å². The van der Waals surface area contributed by atoms with E-state index in [1.54, 1.807) is 21.2 Å². The van der Waals surface area contributed by atoms with Crippen molar-refractivity contribution in [1.29, 1.82) is 0 Å². The van der Waals surface area contributed by atoms with E-state index in [0.717, 1.165) is 17.7 Å². The number of carbonyl (C=O) groups excluding carboxylic acids is 2. The van der Waals surface area contributed by atoms with Crippen molar-refractivity contribution >= 4 is 34.5 Å². The number of fused-ring (bicyclic) bond motifs is 1. The number of piperazine rings is 1. The van der Waals surface area contributed by atoms with Crippen LogP contribution in [0.5, 0.6) is 5.75 Å². The molecule has 0 saturated carbocycles. The fourth-order valence-corrected chi connectivity index (χ4v) is 5.07. The highest BCUT2D eigenvalue weighted by atomic mass is 32.1. The summed E-state index contributed by atoms with van der Waals surface area (Å²) < 4.78 is 44.7. The average Bonchev–Trinajstić information content (AvgIpc) is 3.34. The second-order valence-electron chi connectivity index (χ2n) is 8.69. The molecule has 3 aromatic rings. The molecule has 5 rings (SSSR count). The number of aromatic nitrogens is 1. The molecule has 1 fully saturated rings. The molecule has 3 heterocycles. The number of rotatable bonds is 4. The third kappa shape index (κ3) is 4.88. The van der Waals surface area contributed by atoms with Crippen LogP contribution >= 0.6 is 11.3 Å². The van der Waals surface area contributed by atoms with Crippen molar-refractivity contribution < 1.29 is 27.5 Å². The minimum absolute atomic E-state index is 0.0518. The first-order chi connectivity index (χ1) is 17.2. The molecule has 2 amide bonds. The zero-order chi connectivity index (χ0) is 25.4. The van der Waals surface area contributed by atoms with Gasteiger partial charge in [0.05, 0.1) is 17.8 Å². The summed E-state index contributed by atoms with van der Waals surface area (Å²) >= 11 is 1.31. The Morgan fingerprint density at radius 3 is 2.64 bits per heavy atom. The Kier molecular flexibility index (Phi) is 6.33. The highest BCUT2D eigenvalue weighted by Crippen LogP contribution is 2.34. The molecule has 7 nitrogen and oxygen atoms in total. The number of amides is 2. The summed E-state index contributed by atoms with van der Waals surface area (Å²) in [6, 6.07) is 10.8. The summed E-state index contributed by atoms with van der Waals surface area (Å²) in [5.41, 5.74) is 1.79. The Labute approximate surface area is 209 Å². The predicted molar refractivity (Wildman–Crippen MR) is 130 cm³/mol. The molecule has 36 heavy (non-hydrogen) atoms. The van der Waals surface area contributed by atoms with E-state index < -0.39 is 11.7 Å². The van der Waals surface area contributed by atoms with Gasteiger partial charge < -0.3 is 14.5 Å². The monoisotopic (exact) mass is 516 g/mol. The molecular weight excluding hydrogens is 493 g/mol. The Morgan fingerprint density at radius 2 is 1.89 bits per heavy atom. The fraction of sp³-hybridized carbons (Fsp3) is 0.320. The third-order valence-corrected chi connectivity index (χ3v) is 7.06. The Bertz CT molecular complexity index is 1300. The molecule has 0 radical (unpaired) electrons. The molecule has 2 aliphatic rings. The van der Waals surface area contributed by atoms with E-state index in [2.05, 4.69) is 4.98 Å². The van der Waals surface area contributed by atoms with E-state index in [0.29, 0.717) is 54.0 Å². The van der Waals surface area contributed by atoms with Crippen LogP contribution in [0, 0.1) is 6.92 Å². The maximum atomic E-state index is 13.0. The lowest BCUT2D eigenvalue weighted by Gasteiger charge is -2.36. The Balaban J connectivity index is 1.23. The van der Waals surface area contributed by atoms with E-state index in [1.807, 2.05) is 30.0 Å². The number of aryl methyl sites for hydroxylation is 1. The summed E-state index contributed by atoms with van der Waals surface area (Å²) in [6.07, 6.45) is -4.40. The summed E-state index contributed by atoms with van der Waals surface area (Å²) in [5.74, 6) is 0.228. The standard InChI is InChI=1S/C25H23F3N4O3S/c1-16-5-6-20-21(11-16)35-14-23(33)32(20)13-22-29-19(15-36-22)24(34)31-9-7-30(8-10-31)18-4-2-3-17(12-18)25(26,27)28/h2-6,11-12,15H,7-10,13-14H2,1H3. The largest absolute Gasteiger partial charge is 0.482 e. The van der Waals surface area contributed by atoms with Crippen molar-refractivity contribution in [2.45, 2.75) is 19.6 Å². The van der Waals surface area contributed by atoms with Gasteiger partial charge in [0.1, 0.15) is 16.5 Å². The minimum Gasteiger partial charge on any atom is -0.482 e. The van der Waals surface area contributed by atoms with Crippen LogP contribution in [0.15, 0.2) is 47.8 Å². The lowest BCUT2D eigenvalue weighted by molar-refractivity contribution is -0.137. The van der Waals surface area contributed by atoms with Gasteiger partial charge in [0.2, 0.25) is 0 Å². The van der Waals surface area contributed by atoms with E-state index in [-0.39, 0.29) is 25.0 Å². The van der Waals surface area contributed by atoms with Crippen molar-refractivity contribution in [3.63, 3.8) is 0 Å². The number of anilines is 2. The number of ether oxygens (including phenoxy) is 1. The zero-order valence-corrected chi connectivity index (χ0v) is 20.2. The summed E-state index contributed by atoms with van der Waals surface area (Å²) in [4.78, 5) is 35.1. The lowest BCUT2D eigenvalue weighted by Crippen LogP contribution is -2.49. The lowest BCUT2D eigenvalue weighted by atomic mass is 10.1. The van der Waals surface area contributed by atoms with Gasteiger partial charge in [-0.2, -0.15) is 13.2 Å². The highest BCUT2D eigenvalue weighted by molar-refractivity contribution is 7.09. The van der Waals surface area contributed by atoms with E-state index in [9.17, 15) is 22.8 Å². The van der Waals surface area contributed by atoms with E-state index >= 15 is 0 Å². The fourth-order valence-electron chi connectivity index (χ4n) is 4.31. The number of carbonyl (C=O) groups is 2. The molecule has 0 N–H and O–H groups in total. The first kappa shape index (κ1) is 24.1. The van der Waals surface area contributed by atoms with Crippen molar-refractivity contribution in [3.05, 3.63) is 69.7 Å². The number of benzene rings is 2. The molecule has 0 spiro atoms. The summed E-state index contributed by atoms with van der Waals surface area (Å²) in [7, 11) is 0. The first-order valence-electron chi connectivity index (χ1n) is 11.4. The van der Waals surface area contributed by atoms with E-state index in [4.69, 9.17) is 4.74 Å². The van der Waals surface area contributed by atoms with E-state index in [1.165, 1.54) is 17.4 Å². The molecule has 2 aliphatic heterocycles. The maximum Gasteiger partial charge on any atom is 0.416 e. The van der Waals surface area contributed by atoms with Gasteiger partial charge in [0, 0.05) is 37.2 Å². The number of hydrogen-bond donors (Lipinski definition) is 0. The first-order valence-corrected chi connectivity index (χ1v) is 12.3. The SMILES string of the molecule is Cc1ccc2c(c1)OCC(=O)N2Cc1nc(C(=O)N2CCN(c3cccc(C(F)(F)F)c3)CC2)cs1. The van der Waals surface area contributed by atoms with Crippen LogP contribution in [0.4, 0.5) is 24.5 Å². The number of nitrogens with zero attached hydrogens (tertiary/aromatic N) is 4. The minimum atomic E-state index is -4.40. The van der Waals surface area contributed by atoms with Crippen molar-refractivity contribution in [2.75, 3.05) is 42.6 Å². The summed E-state index contributed by atoms with van der Waals surface area (Å²) in [6.45, 7) is 3.71. The molecule has 1 saturated heterocycles. The Morgan fingerprint density at radius 1 is 1.11 bits per heavy atom. The van der Waals surface area contributed by atoms with Crippen molar-refractivity contribution in [1.82, 2.24) is 9.88 Å². The topological polar surface area (TPSA) is 66.0 Å². The average molecular weight is 517 g/mol. The van der Waals surface area contributed by atoms with Gasteiger partial charge >= 0.3 is 6.18 Å². The molecule has 0 aliphatic carbocycles. The highest BCUT2D eigenvalue weighted by Gasteiger charge is 2.32. The zero-order valence-electron chi connectivity index (χ0n) is 19.4. The smallest absolute Gasteiger partial charge is 0.416 e. The van der Waals surface area contributed by atoms with Gasteiger partial charge in [0.25, 0.3) is 11.8 Å². The second kappa shape index (κ2) is 9.45. The van der Waals surface area contributed by atoms with Crippen LogP contribution in [-0.2, 0) is 17.5 Å². The van der Waals surface area contributed by atoms with Gasteiger partial charge in [-0.25, -0.2) is 4.98 Å². The van der Waals surface area contributed by atoms with Gasteiger partial charge in [-0.3, -0.25) is 14.5 Å². The van der Waals surface area contributed by atoms with Crippen LogP contribution in [0.3, 0.4) is 0 Å². The maximum absolute atomic E-state index is 13.0. The van der Waals surface area contributed by atoms with Crippen LogP contribution in [-0.4, -0.2) is 54.5 Å². The molecule has 1 aromatic heterocycles. The number of alkyl halides is 3. The molecular formula is C25H23F3N4O3S. The molecule has 0 unspecified atom stereocenters. The quantitative estimate of drug-likeness (QED) is 0.516. The summed E-state index contributed by atoms with van der Waals surface area (Å²) in [5, 5.41) is 2.31. The van der Waals surface area contributed by atoms with Gasteiger partial charge in [-0.05, 0) is 42.8 Å². The van der Waals surface area contributed by atoms with Crippen LogP contribution < -0.4 is 14.5 Å². The Hall–Kier alpha value is -3.60. The van der Waals surface area contributed by atoms with Gasteiger partial charge in [-0.1, -0.05) is 12.1 Å². The molecule has 188 valence electrons. The predicted octanol–water partition coefficient (Wildman–Crippen LogP) is 4.36. The third-order valence-electron chi connectivity index (χ3n) is 6.23. The van der Waals surface area contributed by atoms with Crippen molar-refractivity contribution in [3.8, 4) is 5.75 Å². The second-order valence-corrected chi connectivity index (χ2v) is 9.64. The number of thiazole rings is 1. The van der Waals surface area contributed by atoms with Crippen LogP contribution in [0.2, 0.25) is 0 Å². The van der Waals surface area contributed by atoms with Gasteiger partial charge in [-0.15, -0.1) is 11.3 Å². The van der Waals surface area contributed by atoms with Crippen molar-refractivity contribution in [2.24, 2.45) is 0 Å². The van der Waals surface area contributed by atoms with Crippen LogP contribution in [0.1, 0.15) is 26.6 Å². The van der Waals surface area contributed by atoms with Crippen LogP contribution in [0.25, 0.3) is 0 Å². The molecule has 11 heteroatoms. The molecule has 0 atom stereocenters. The molecule has 2 aromatic carbocycles. The number of hydrogen-bond acceptors (Lipinski definition) is 6. The number of halogens is 3. The normalized spacial score (nSPS) is 16.1.